The summed E-state index contributed by atoms with van der Waals surface area (Å²) in [5.41, 5.74) is -8.47. The summed E-state index contributed by atoms with van der Waals surface area (Å²) in [6.45, 7) is -6.60. The van der Waals surface area contributed by atoms with Gasteiger partial charge in [0.25, 0.3) is 0 Å². The first-order valence-corrected chi connectivity index (χ1v) is 13.4. The molecule has 48 heavy (non-hydrogen) atoms. The number of esters is 2. The summed E-state index contributed by atoms with van der Waals surface area (Å²) >= 11 is 0. The van der Waals surface area contributed by atoms with Crippen LogP contribution in [0.2, 0.25) is 0 Å². The van der Waals surface area contributed by atoms with Gasteiger partial charge in [-0.25, -0.2) is 18.4 Å². The molecular formula is C26H30F14O8. The van der Waals surface area contributed by atoms with E-state index in [1.165, 1.54) is 0 Å². The summed E-state index contributed by atoms with van der Waals surface area (Å²) in [6.07, 6.45) is -14.4. The molecule has 1 fully saturated rings. The lowest BCUT2D eigenvalue weighted by Gasteiger charge is -2.48. The molecule has 0 aromatic carbocycles. The lowest BCUT2D eigenvalue weighted by atomic mass is 9.72. The van der Waals surface area contributed by atoms with Crippen LogP contribution in [0.5, 0.6) is 0 Å². The second-order valence-corrected chi connectivity index (χ2v) is 10.2. The first-order chi connectivity index (χ1) is 21.8. The number of rotatable bonds is 22. The third kappa shape index (κ3) is 10.2. The van der Waals surface area contributed by atoms with Crippen LogP contribution in [-0.2, 0) is 38.0 Å². The molecule has 0 heterocycles. The number of ether oxygens (including phenoxy) is 6. The van der Waals surface area contributed by atoms with Crippen molar-refractivity contribution in [3.63, 3.8) is 0 Å². The summed E-state index contributed by atoms with van der Waals surface area (Å²) in [4.78, 5) is 21.6. The Morgan fingerprint density at radius 3 is 1.19 bits per heavy atom. The SMILES string of the molecule is C=CC(=O)OCC(F)(F)C(F)(F)OCCCOCC1(F)CCC(F)(COCCCOC(F)(F)C(F)(F)COC(=O)C=C)C(F)(F)C1(F)F. The Hall–Kier alpha value is -2.72. The van der Waals surface area contributed by atoms with Crippen LogP contribution in [0.25, 0.3) is 0 Å². The minimum absolute atomic E-state index is 0.414. The second-order valence-electron chi connectivity index (χ2n) is 10.2. The third-order valence-corrected chi connectivity index (χ3v) is 6.51. The first-order valence-electron chi connectivity index (χ1n) is 13.4. The van der Waals surface area contributed by atoms with E-state index in [-0.39, 0.29) is 0 Å². The molecule has 0 spiro atoms. The predicted octanol–water partition coefficient (Wildman–Crippen LogP) is 6.23. The highest BCUT2D eigenvalue weighted by Gasteiger charge is 2.81. The van der Waals surface area contributed by atoms with Crippen LogP contribution < -0.4 is 0 Å². The number of carbonyl (C=O) groups excluding carboxylic acids is 2. The summed E-state index contributed by atoms with van der Waals surface area (Å²) < 4.78 is 221. The molecule has 0 aromatic heterocycles. The van der Waals surface area contributed by atoms with Crippen LogP contribution in [0.1, 0.15) is 25.7 Å². The quantitative estimate of drug-likeness (QED) is 0.0560. The van der Waals surface area contributed by atoms with Gasteiger partial charge in [0.05, 0.1) is 26.4 Å². The molecule has 0 N–H and O–H groups in total. The molecular weight excluding hydrogens is 706 g/mol. The van der Waals surface area contributed by atoms with Gasteiger partial charge in [0.2, 0.25) is 11.3 Å². The van der Waals surface area contributed by atoms with Crippen molar-refractivity contribution in [3.05, 3.63) is 25.3 Å². The highest BCUT2D eigenvalue weighted by molar-refractivity contribution is 5.81. The van der Waals surface area contributed by atoms with Gasteiger partial charge in [-0.2, -0.15) is 52.7 Å². The molecule has 22 heteroatoms. The minimum atomic E-state index is -5.78. The van der Waals surface area contributed by atoms with E-state index in [0.717, 1.165) is 0 Å². The van der Waals surface area contributed by atoms with E-state index in [1.807, 2.05) is 0 Å². The largest absolute Gasteiger partial charge is 0.456 e. The highest BCUT2D eigenvalue weighted by Crippen LogP contribution is 2.58. The van der Waals surface area contributed by atoms with Crippen molar-refractivity contribution >= 4 is 11.9 Å². The fourth-order valence-electron chi connectivity index (χ4n) is 3.61. The monoisotopic (exact) mass is 736 g/mol. The Labute approximate surface area is 263 Å². The Balaban J connectivity index is 2.59. The Kier molecular flexibility index (Phi) is 14.7. The van der Waals surface area contributed by atoms with Gasteiger partial charge in [0, 0.05) is 25.4 Å². The Morgan fingerprint density at radius 1 is 0.583 bits per heavy atom. The van der Waals surface area contributed by atoms with Crippen LogP contribution in [0.15, 0.2) is 25.3 Å². The van der Waals surface area contributed by atoms with Crippen molar-refractivity contribution < 1.29 is 99.5 Å². The lowest BCUT2D eigenvalue weighted by Crippen LogP contribution is -2.71. The lowest BCUT2D eigenvalue weighted by molar-refractivity contribution is -0.357. The number of hydrogen-bond donors (Lipinski definition) is 0. The van der Waals surface area contributed by atoms with Gasteiger partial charge >= 0.3 is 47.8 Å². The smallest absolute Gasteiger partial charge is 0.422 e. The highest BCUT2D eigenvalue weighted by atomic mass is 19.3. The molecule has 0 bridgehead atoms. The number of alkyl halides is 14. The second kappa shape index (κ2) is 16.3. The van der Waals surface area contributed by atoms with Crippen molar-refractivity contribution in [2.75, 3.05) is 52.9 Å². The Morgan fingerprint density at radius 2 is 0.896 bits per heavy atom. The zero-order chi connectivity index (χ0) is 37.3. The molecule has 0 amide bonds. The molecule has 1 rings (SSSR count). The van der Waals surface area contributed by atoms with Gasteiger partial charge in [-0.05, 0) is 25.7 Å². The molecule has 0 aromatic rings. The normalized spacial score (nSPS) is 23.0. The Bertz CT molecular complexity index is 1020. The molecule has 1 aliphatic rings. The van der Waals surface area contributed by atoms with E-state index in [0.29, 0.717) is 12.2 Å². The van der Waals surface area contributed by atoms with Gasteiger partial charge in [-0.15, -0.1) is 0 Å². The van der Waals surface area contributed by atoms with E-state index < -0.39 is 138 Å². The van der Waals surface area contributed by atoms with E-state index in [1.54, 1.807) is 0 Å². The number of halogens is 14. The summed E-state index contributed by atoms with van der Waals surface area (Å²) in [5.74, 6) is -24.5. The van der Waals surface area contributed by atoms with Crippen LogP contribution >= 0.6 is 0 Å². The topological polar surface area (TPSA) is 89.5 Å². The first kappa shape index (κ1) is 43.3. The van der Waals surface area contributed by atoms with Crippen molar-refractivity contribution in [2.45, 2.75) is 72.9 Å². The maximum atomic E-state index is 15.0. The molecule has 0 radical (unpaired) electrons. The van der Waals surface area contributed by atoms with Crippen LogP contribution in [0.3, 0.4) is 0 Å². The van der Waals surface area contributed by atoms with Crippen molar-refractivity contribution in [1.82, 2.24) is 0 Å². The maximum absolute atomic E-state index is 15.0. The molecule has 1 aliphatic carbocycles. The van der Waals surface area contributed by atoms with Gasteiger partial charge in [0.1, 0.15) is 0 Å². The zero-order valence-electron chi connectivity index (χ0n) is 24.6. The summed E-state index contributed by atoms with van der Waals surface area (Å²) in [5, 5.41) is 0. The molecule has 0 saturated heterocycles. The number of carbonyl (C=O) groups is 2. The van der Waals surface area contributed by atoms with E-state index >= 15 is 0 Å². The fraction of sp³-hybridized carbons (Fsp3) is 0.769. The van der Waals surface area contributed by atoms with E-state index in [4.69, 9.17) is 0 Å². The summed E-state index contributed by atoms with van der Waals surface area (Å²) in [6, 6.07) is 0. The molecule has 280 valence electrons. The van der Waals surface area contributed by atoms with Crippen LogP contribution in [-0.4, -0.2) is 112 Å². The van der Waals surface area contributed by atoms with Gasteiger partial charge in [-0.3, -0.25) is 0 Å². The molecule has 8 nitrogen and oxygen atoms in total. The van der Waals surface area contributed by atoms with Crippen molar-refractivity contribution in [1.29, 1.82) is 0 Å². The zero-order valence-corrected chi connectivity index (χ0v) is 24.6. The van der Waals surface area contributed by atoms with Crippen LogP contribution in [0.4, 0.5) is 61.5 Å². The minimum Gasteiger partial charge on any atom is -0.456 e. The number of hydrogen-bond acceptors (Lipinski definition) is 8. The van der Waals surface area contributed by atoms with E-state index in [2.05, 4.69) is 41.6 Å². The standard InChI is InChI=1S/C26H30F14O8/c1-3-17(41)45-15-21(29,30)25(37,38)47-11-5-9-43-13-19(27)7-8-20(28,24(35,36)23(19,33)34)14-44-10-6-12-48-26(39,40)22(31,32)16-46-18(42)4-2/h3-4H,1-2,5-16H2. The molecule has 0 aliphatic heterocycles. The summed E-state index contributed by atoms with van der Waals surface area (Å²) in [7, 11) is 0. The predicted molar refractivity (Wildman–Crippen MR) is 132 cm³/mol. The van der Waals surface area contributed by atoms with Gasteiger partial charge in [-0.1, -0.05) is 13.2 Å². The van der Waals surface area contributed by atoms with Crippen molar-refractivity contribution in [3.8, 4) is 0 Å². The molecule has 2 unspecified atom stereocenters. The van der Waals surface area contributed by atoms with Crippen LogP contribution in [0, 0.1) is 0 Å². The molecule has 2 atom stereocenters. The average molecular weight is 736 g/mol. The van der Waals surface area contributed by atoms with E-state index in [9.17, 15) is 71.1 Å². The third-order valence-electron chi connectivity index (χ3n) is 6.51. The van der Waals surface area contributed by atoms with Gasteiger partial charge in [0.15, 0.2) is 13.2 Å². The molecule has 1 saturated carbocycles. The fourth-order valence-corrected chi connectivity index (χ4v) is 3.61. The van der Waals surface area contributed by atoms with Gasteiger partial charge < -0.3 is 28.4 Å². The van der Waals surface area contributed by atoms with Crippen molar-refractivity contribution in [2.24, 2.45) is 0 Å². The average Bonchev–Trinajstić information content (AvgIpc) is 2.99. The maximum Gasteiger partial charge on any atom is 0.422 e.